The minimum absolute atomic E-state index is 0.131. The molecule has 0 heterocycles. The smallest absolute Gasteiger partial charge is 0.156 e. The molecule has 0 aliphatic rings. The number of ether oxygens (including phenoxy) is 2. The van der Waals surface area contributed by atoms with Crippen LogP contribution < -0.4 is 9.47 Å². The molecule has 0 saturated carbocycles. The Kier molecular flexibility index (Phi) is 9.73. The molecule has 0 amide bonds. The van der Waals surface area contributed by atoms with E-state index in [2.05, 4.69) is 0 Å². The van der Waals surface area contributed by atoms with E-state index in [1.165, 1.54) is 6.08 Å². The van der Waals surface area contributed by atoms with Crippen LogP contribution in [0.1, 0.15) is 25.7 Å². The zero-order valence-corrected chi connectivity index (χ0v) is 14.8. The van der Waals surface area contributed by atoms with Crippen LogP contribution in [0.5, 0.6) is 11.5 Å². The van der Waals surface area contributed by atoms with Crippen molar-refractivity contribution >= 4 is 52.7 Å². The minimum atomic E-state index is 0.131. The Hall–Kier alpha value is -0.610. The molecule has 0 spiro atoms. The number of aldehydes is 1. The van der Waals surface area contributed by atoms with E-state index in [0.717, 1.165) is 25.5 Å². The molecule has 7 heteroatoms. The average Bonchev–Trinajstić information content (AvgIpc) is 2.44. The fraction of sp³-hybridized carbons (Fsp3) is 0.400. The summed E-state index contributed by atoms with van der Waals surface area (Å²) in [5.41, 5.74) is 0. The Balaban J connectivity index is 2.51. The maximum absolute atomic E-state index is 10.2. The third-order valence-electron chi connectivity index (χ3n) is 2.67. The molecular weight excluding hydrogens is 370 g/mol. The minimum Gasteiger partial charge on any atom is -0.490 e. The molecule has 0 unspecified atom stereocenters. The predicted octanol–water partition coefficient (Wildman–Crippen LogP) is 5.83. The van der Waals surface area contributed by atoms with Crippen molar-refractivity contribution < 1.29 is 14.3 Å². The molecule has 0 N–H and O–H groups in total. The SMILES string of the molecule is O=CCCCCCOc1c(Cl)cc(OCC=C(Cl)Cl)cc1Cl. The first-order valence-corrected chi connectivity index (χ1v) is 8.25. The summed E-state index contributed by atoms with van der Waals surface area (Å²) in [5.74, 6) is 0.927. The van der Waals surface area contributed by atoms with E-state index in [1.54, 1.807) is 12.1 Å². The summed E-state index contributed by atoms with van der Waals surface area (Å²) < 4.78 is 11.1. The van der Waals surface area contributed by atoms with Crippen LogP contribution in [-0.2, 0) is 4.79 Å². The number of carbonyl (C=O) groups is 1. The molecule has 0 fully saturated rings. The molecule has 0 bridgehead atoms. The zero-order chi connectivity index (χ0) is 16.4. The molecule has 0 atom stereocenters. The highest BCUT2D eigenvalue weighted by Crippen LogP contribution is 2.37. The lowest BCUT2D eigenvalue weighted by Crippen LogP contribution is -2.00. The van der Waals surface area contributed by atoms with Crippen molar-refractivity contribution in [2.45, 2.75) is 25.7 Å². The summed E-state index contributed by atoms with van der Waals surface area (Å²) >= 11 is 23.2. The lowest BCUT2D eigenvalue weighted by molar-refractivity contribution is -0.107. The quantitative estimate of drug-likeness (QED) is 0.375. The molecular formula is C15H16Cl4O3. The second-order valence-electron chi connectivity index (χ2n) is 4.39. The van der Waals surface area contributed by atoms with Gasteiger partial charge in [0.25, 0.3) is 0 Å². The number of unbranched alkanes of at least 4 members (excludes halogenated alkanes) is 3. The second kappa shape index (κ2) is 11.0. The first-order valence-electron chi connectivity index (χ1n) is 6.74. The first-order chi connectivity index (χ1) is 10.5. The maximum atomic E-state index is 10.2. The van der Waals surface area contributed by atoms with Gasteiger partial charge in [0.1, 0.15) is 23.1 Å². The Morgan fingerprint density at radius 3 is 2.32 bits per heavy atom. The van der Waals surface area contributed by atoms with Gasteiger partial charge in [0.15, 0.2) is 5.75 Å². The third-order valence-corrected chi connectivity index (χ3v) is 3.54. The van der Waals surface area contributed by atoms with Gasteiger partial charge in [-0.05, 0) is 25.3 Å². The van der Waals surface area contributed by atoms with E-state index >= 15 is 0 Å². The fourth-order valence-electron chi connectivity index (χ4n) is 1.64. The summed E-state index contributed by atoms with van der Waals surface area (Å²) in [5, 5.41) is 0.743. The van der Waals surface area contributed by atoms with Crippen molar-refractivity contribution in [3.63, 3.8) is 0 Å². The van der Waals surface area contributed by atoms with Crippen LogP contribution in [-0.4, -0.2) is 19.5 Å². The highest BCUT2D eigenvalue weighted by molar-refractivity contribution is 6.55. The molecule has 0 aromatic heterocycles. The number of halogens is 4. The highest BCUT2D eigenvalue weighted by Gasteiger charge is 2.10. The van der Waals surface area contributed by atoms with Crippen molar-refractivity contribution in [3.05, 3.63) is 32.7 Å². The molecule has 1 aromatic rings. The van der Waals surface area contributed by atoms with E-state index in [1.807, 2.05) is 0 Å². The Morgan fingerprint density at radius 1 is 1.05 bits per heavy atom. The fourth-order valence-corrected chi connectivity index (χ4v) is 2.34. The van der Waals surface area contributed by atoms with Gasteiger partial charge >= 0.3 is 0 Å². The van der Waals surface area contributed by atoms with E-state index in [4.69, 9.17) is 55.9 Å². The van der Waals surface area contributed by atoms with Crippen LogP contribution >= 0.6 is 46.4 Å². The van der Waals surface area contributed by atoms with Crippen LogP contribution in [0, 0.1) is 0 Å². The molecule has 0 aliphatic carbocycles. The molecule has 1 rings (SSSR count). The van der Waals surface area contributed by atoms with Crippen LogP contribution in [0.15, 0.2) is 22.7 Å². The number of hydrogen-bond acceptors (Lipinski definition) is 3. The van der Waals surface area contributed by atoms with Crippen molar-refractivity contribution in [3.8, 4) is 11.5 Å². The summed E-state index contributed by atoms with van der Waals surface area (Å²) in [6.45, 7) is 0.703. The van der Waals surface area contributed by atoms with E-state index in [0.29, 0.717) is 34.6 Å². The van der Waals surface area contributed by atoms with E-state index in [-0.39, 0.29) is 11.1 Å². The number of rotatable bonds is 10. The standard InChI is InChI=1S/C15H16Cl4O3/c16-12-9-11(21-8-5-14(18)19)10-13(17)15(12)22-7-4-2-1-3-6-20/h5-6,9-10H,1-4,7-8H2. The van der Waals surface area contributed by atoms with Crippen molar-refractivity contribution in [1.29, 1.82) is 0 Å². The number of benzene rings is 1. The van der Waals surface area contributed by atoms with Gasteiger partial charge in [-0.15, -0.1) is 0 Å². The summed E-state index contributed by atoms with van der Waals surface area (Å²) in [6, 6.07) is 3.23. The Labute approximate surface area is 150 Å². The largest absolute Gasteiger partial charge is 0.490 e. The van der Waals surface area contributed by atoms with Crippen LogP contribution in [0.3, 0.4) is 0 Å². The van der Waals surface area contributed by atoms with Gasteiger partial charge in [-0.3, -0.25) is 0 Å². The molecule has 3 nitrogen and oxygen atoms in total. The second-order valence-corrected chi connectivity index (χ2v) is 6.21. The monoisotopic (exact) mass is 384 g/mol. The lowest BCUT2D eigenvalue weighted by Gasteiger charge is -2.12. The van der Waals surface area contributed by atoms with Crippen molar-refractivity contribution in [1.82, 2.24) is 0 Å². The van der Waals surface area contributed by atoms with Crippen LogP contribution in [0.25, 0.3) is 0 Å². The molecule has 22 heavy (non-hydrogen) atoms. The van der Waals surface area contributed by atoms with Gasteiger partial charge in [-0.2, -0.15) is 0 Å². The Bertz CT molecular complexity index is 491. The van der Waals surface area contributed by atoms with Gasteiger partial charge in [0.05, 0.1) is 16.7 Å². The molecule has 0 saturated heterocycles. The maximum Gasteiger partial charge on any atom is 0.156 e. The number of hydrogen-bond donors (Lipinski definition) is 0. The third kappa shape index (κ3) is 7.59. The summed E-state index contributed by atoms with van der Waals surface area (Å²) in [6.07, 6.45) is 5.61. The predicted molar refractivity (Wildman–Crippen MR) is 91.8 cm³/mol. The van der Waals surface area contributed by atoms with Gasteiger partial charge in [-0.1, -0.05) is 46.4 Å². The average molecular weight is 386 g/mol. The van der Waals surface area contributed by atoms with Crippen molar-refractivity contribution in [2.24, 2.45) is 0 Å². The van der Waals surface area contributed by atoms with Crippen molar-refractivity contribution in [2.75, 3.05) is 13.2 Å². The van der Waals surface area contributed by atoms with Gasteiger partial charge < -0.3 is 14.3 Å². The lowest BCUT2D eigenvalue weighted by atomic mass is 10.2. The van der Waals surface area contributed by atoms with E-state index in [9.17, 15) is 4.79 Å². The normalized spacial score (nSPS) is 10.2. The van der Waals surface area contributed by atoms with Crippen LogP contribution in [0.2, 0.25) is 10.0 Å². The van der Waals surface area contributed by atoms with Gasteiger partial charge in [0.2, 0.25) is 0 Å². The first kappa shape index (κ1) is 19.4. The molecule has 1 aromatic carbocycles. The molecule has 0 aliphatic heterocycles. The highest BCUT2D eigenvalue weighted by atomic mass is 35.5. The van der Waals surface area contributed by atoms with E-state index < -0.39 is 0 Å². The number of carbonyl (C=O) groups excluding carboxylic acids is 1. The topological polar surface area (TPSA) is 35.5 Å². The zero-order valence-electron chi connectivity index (χ0n) is 11.8. The van der Waals surface area contributed by atoms with Crippen LogP contribution in [0.4, 0.5) is 0 Å². The summed E-state index contributed by atoms with van der Waals surface area (Å²) in [7, 11) is 0. The molecule has 122 valence electrons. The van der Waals surface area contributed by atoms with Gasteiger partial charge in [-0.25, -0.2) is 0 Å². The van der Waals surface area contributed by atoms with Gasteiger partial charge in [0, 0.05) is 18.6 Å². The molecule has 0 radical (unpaired) electrons. The Morgan fingerprint density at radius 2 is 1.73 bits per heavy atom. The summed E-state index contributed by atoms with van der Waals surface area (Å²) in [4.78, 5) is 10.2.